The number of aliphatic hydroxyl groups is 1. The molecule has 1 fully saturated rings. The van der Waals surface area contributed by atoms with Crippen LogP contribution in [0, 0.1) is 0 Å². The number of carboxylic acids is 1. The highest BCUT2D eigenvalue weighted by atomic mass is 16.6. The van der Waals surface area contributed by atoms with Crippen molar-refractivity contribution in [3.63, 3.8) is 0 Å². The second kappa shape index (κ2) is 30.3. The molecular formula is C25H50N2O12. The number of carbonyl (C=O) groups is 4. The van der Waals surface area contributed by atoms with Gasteiger partial charge in [-0.3, -0.25) is 29.0 Å². The van der Waals surface area contributed by atoms with Gasteiger partial charge in [-0.15, -0.1) is 0 Å². The average molecular weight is 571 g/mol. The summed E-state index contributed by atoms with van der Waals surface area (Å²) in [5, 5.41) is 17.1. The molecule has 39 heavy (non-hydrogen) atoms. The van der Waals surface area contributed by atoms with Gasteiger partial charge >= 0.3 is 23.9 Å². The molecule has 1 aliphatic heterocycles. The largest absolute Gasteiger partial charge is 0.481 e. The Hall–Kier alpha value is -2.20. The van der Waals surface area contributed by atoms with Crippen LogP contribution in [-0.2, 0) is 47.6 Å². The summed E-state index contributed by atoms with van der Waals surface area (Å²) in [5.41, 5.74) is 0. The summed E-state index contributed by atoms with van der Waals surface area (Å²) in [7, 11) is 6.60. The zero-order chi connectivity index (χ0) is 29.0. The molecule has 0 aromatic rings. The lowest BCUT2D eigenvalue weighted by Gasteiger charge is -2.21. The van der Waals surface area contributed by atoms with Gasteiger partial charge in [-0.2, -0.15) is 0 Å². The van der Waals surface area contributed by atoms with Crippen LogP contribution in [0.1, 0.15) is 33.1 Å². The number of esters is 3. The highest BCUT2D eigenvalue weighted by molar-refractivity contribution is 5.92. The Morgan fingerprint density at radius 1 is 0.718 bits per heavy atom. The van der Waals surface area contributed by atoms with Crippen molar-refractivity contribution >= 4 is 23.9 Å². The van der Waals surface area contributed by atoms with E-state index in [1.54, 1.807) is 28.4 Å². The lowest BCUT2D eigenvalue weighted by molar-refractivity contribution is -0.152. The second-order valence-corrected chi connectivity index (χ2v) is 7.84. The molecule has 0 unspecified atom stereocenters. The van der Waals surface area contributed by atoms with E-state index in [2.05, 4.69) is 14.5 Å². The number of aliphatic hydroxyl groups excluding tert-OH is 1. The van der Waals surface area contributed by atoms with Crippen molar-refractivity contribution in [2.45, 2.75) is 33.1 Å². The Balaban J connectivity index is -0.000000549. The fraction of sp³-hybridized carbons (Fsp3) is 0.840. The van der Waals surface area contributed by atoms with Crippen LogP contribution in [0.4, 0.5) is 0 Å². The minimum atomic E-state index is -1.00. The molecule has 232 valence electrons. The van der Waals surface area contributed by atoms with Gasteiger partial charge in [-0.1, -0.05) is 7.43 Å². The van der Waals surface area contributed by atoms with E-state index >= 15 is 0 Å². The van der Waals surface area contributed by atoms with Crippen molar-refractivity contribution in [2.75, 3.05) is 107 Å². The highest BCUT2D eigenvalue weighted by Gasteiger charge is 2.19. The molecule has 14 nitrogen and oxygen atoms in total. The van der Waals surface area contributed by atoms with E-state index in [9.17, 15) is 19.2 Å². The Morgan fingerprint density at radius 2 is 1.10 bits per heavy atom. The molecule has 1 saturated heterocycles. The van der Waals surface area contributed by atoms with E-state index in [0.29, 0.717) is 39.5 Å². The molecule has 2 N–H and O–H groups in total. The number of cyclic esters (lactones) is 2. The van der Waals surface area contributed by atoms with Crippen LogP contribution < -0.4 is 0 Å². The molecule has 1 heterocycles. The third-order valence-electron chi connectivity index (χ3n) is 4.84. The Bertz CT molecular complexity index is 592. The maximum Gasteiger partial charge on any atom is 0.314 e. The van der Waals surface area contributed by atoms with Gasteiger partial charge in [0.25, 0.3) is 0 Å². The molecule has 0 amide bonds. The molecule has 0 bridgehead atoms. The quantitative estimate of drug-likeness (QED) is 0.149. The molecule has 14 heteroatoms. The Morgan fingerprint density at radius 3 is 1.41 bits per heavy atom. The molecule has 1 aliphatic rings. The zero-order valence-corrected chi connectivity index (χ0v) is 23.2. The molecule has 0 radical (unpaired) electrons. The predicted octanol–water partition coefficient (Wildman–Crippen LogP) is 0.0488. The van der Waals surface area contributed by atoms with E-state index in [-0.39, 0.29) is 46.3 Å². The summed E-state index contributed by atoms with van der Waals surface area (Å²) in [4.78, 5) is 45.7. The first-order valence-electron chi connectivity index (χ1n) is 12.4. The van der Waals surface area contributed by atoms with Crippen molar-refractivity contribution in [1.29, 1.82) is 0 Å². The first-order chi connectivity index (χ1) is 18.2. The summed E-state index contributed by atoms with van der Waals surface area (Å²) < 4.78 is 28.9. The fourth-order valence-corrected chi connectivity index (χ4v) is 2.70. The van der Waals surface area contributed by atoms with Gasteiger partial charge < -0.3 is 38.6 Å². The van der Waals surface area contributed by atoms with Crippen LogP contribution in [-0.4, -0.2) is 151 Å². The Kier molecular flexibility index (Phi) is 32.1. The number of carbonyl (C=O) groups excluding carboxylic acids is 3. The van der Waals surface area contributed by atoms with Crippen LogP contribution in [0.3, 0.4) is 0 Å². The summed E-state index contributed by atoms with van der Waals surface area (Å²) >= 11 is 0. The fourth-order valence-electron chi connectivity index (χ4n) is 2.70. The minimum absolute atomic E-state index is 0. The maximum absolute atomic E-state index is 11.2. The molecule has 0 atom stereocenters. The first-order valence-corrected chi connectivity index (χ1v) is 12.4. The summed E-state index contributed by atoms with van der Waals surface area (Å²) in [6.45, 7) is 7.43. The smallest absolute Gasteiger partial charge is 0.314 e. The molecule has 0 aliphatic carbocycles. The van der Waals surface area contributed by atoms with Crippen molar-refractivity contribution < 1.29 is 57.8 Å². The number of ether oxygens (including phenoxy) is 6. The topological polar surface area (TPSA) is 171 Å². The van der Waals surface area contributed by atoms with E-state index in [1.165, 1.54) is 0 Å². The third kappa shape index (κ3) is 30.2. The lowest BCUT2D eigenvalue weighted by Crippen LogP contribution is -2.34. The van der Waals surface area contributed by atoms with E-state index in [1.807, 2.05) is 0 Å². The number of aliphatic carboxylic acids is 1. The molecule has 0 saturated carbocycles. The third-order valence-corrected chi connectivity index (χ3v) is 4.84. The van der Waals surface area contributed by atoms with Gasteiger partial charge in [0.2, 0.25) is 0 Å². The number of carboxylic acid groups (broad SMARTS) is 1. The molecule has 0 spiro atoms. The number of rotatable bonds is 20. The van der Waals surface area contributed by atoms with E-state index in [0.717, 1.165) is 26.2 Å². The number of methoxy groups -OCH3 is 4. The highest BCUT2D eigenvalue weighted by Crippen LogP contribution is 2.04. The number of hydrogen-bond acceptors (Lipinski definition) is 13. The van der Waals surface area contributed by atoms with Gasteiger partial charge in [-0.25, -0.2) is 0 Å². The van der Waals surface area contributed by atoms with Crippen molar-refractivity contribution in [3.8, 4) is 0 Å². The van der Waals surface area contributed by atoms with Crippen molar-refractivity contribution in [1.82, 2.24) is 9.80 Å². The maximum atomic E-state index is 11.2. The van der Waals surface area contributed by atoms with Crippen molar-refractivity contribution in [2.24, 2.45) is 0 Å². The SMILES string of the molecule is C.COCCN(CCO)CCOC.COCCN(CCOC)CCOC(=O)CCC(=O)O.O=C1CCC(=O)O1. The van der Waals surface area contributed by atoms with Crippen molar-refractivity contribution in [3.05, 3.63) is 0 Å². The predicted molar refractivity (Wildman–Crippen MR) is 142 cm³/mol. The number of hydrogen-bond donors (Lipinski definition) is 2. The summed E-state index contributed by atoms with van der Waals surface area (Å²) in [6.07, 6.45) is 0.235. The van der Waals surface area contributed by atoms with E-state index in [4.69, 9.17) is 33.9 Å². The summed E-state index contributed by atoms with van der Waals surface area (Å²) in [6, 6.07) is 0. The van der Waals surface area contributed by atoms with Gasteiger partial charge in [0, 0.05) is 67.7 Å². The van der Waals surface area contributed by atoms with Crippen LogP contribution in [0.25, 0.3) is 0 Å². The van der Waals surface area contributed by atoms with Gasteiger partial charge in [0.1, 0.15) is 6.61 Å². The van der Waals surface area contributed by atoms with Crippen LogP contribution in [0.5, 0.6) is 0 Å². The minimum Gasteiger partial charge on any atom is -0.481 e. The lowest BCUT2D eigenvalue weighted by atomic mass is 10.3. The van der Waals surface area contributed by atoms with Gasteiger partial charge in [0.15, 0.2) is 0 Å². The average Bonchev–Trinajstić information content (AvgIpc) is 3.28. The second-order valence-electron chi connectivity index (χ2n) is 7.84. The van der Waals surface area contributed by atoms with Crippen LogP contribution in [0.15, 0.2) is 0 Å². The molecule has 0 aromatic carbocycles. The van der Waals surface area contributed by atoms with Gasteiger partial charge in [0.05, 0.1) is 58.7 Å². The Labute approximate surface area is 232 Å². The van der Waals surface area contributed by atoms with E-state index < -0.39 is 23.9 Å². The summed E-state index contributed by atoms with van der Waals surface area (Å²) in [5.74, 6) is -2.28. The molecular weight excluding hydrogens is 520 g/mol. The number of nitrogens with zero attached hydrogens (tertiary/aromatic N) is 2. The normalized spacial score (nSPS) is 12.2. The molecule has 0 aromatic heterocycles. The van der Waals surface area contributed by atoms with Gasteiger partial charge in [-0.05, 0) is 0 Å². The molecule has 1 rings (SSSR count). The van der Waals surface area contributed by atoms with Crippen LogP contribution >= 0.6 is 0 Å². The zero-order valence-electron chi connectivity index (χ0n) is 23.2. The first kappa shape index (κ1) is 41.3. The monoisotopic (exact) mass is 570 g/mol. The van der Waals surface area contributed by atoms with Crippen LogP contribution in [0.2, 0.25) is 0 Å². The standard InChI is InChI=1S/C12H23NO6.C8H19NO3.C4H4O3.CH4/c1-17-8-5-13(6-9-18-2)7-10-19-12(16)4-3-11(14)15;1-11-7-4-9(3-6-10)5-8-12-2;5-3-1-2-4(6)7-3;/h3-10H2,1-2H3,(H,14,15);10H,3-8H2,1-2H3;1-2H2;1H4.